The van der Waals surface area contributed by atoms with Gasteiger partial charge in [0.05, 0.1) is 11.3 Å². The van der Waals surface area contributed by atoms with E-state index in [0.29, 0.717) is 17.8 Å². The predicted molar refractivity (Wildman–Crippen MR) is 109 cm³/mol. The molecule has 0 aliphatic carbocycles. The normalized spacial score (nSPS) is 17.9. The fourth-order valence-electron chi connectivity index (χ4n) is 3.74. The maximum atomic E-state index is 13.2. The summed E-state index contributed by atoms with van der Waals surface area (Å²) in [5, 5.41) is 15.3. The van der Waals surface area contributed by atoms with E-state index in [1.54, 1.807) is 4.90 Å². The van der Waals surface area contributed by atoms with Crippen LogP contribution in [-0.2, 0) is 11.8 Å². The molecule has 1 atom stereocenters. The third-order valence-electron chi connectivity index (χ3n) is 5.06. The third-order valence-corrected chi connectivity index (χ3v) is 5.06. The highest BCUT2D eigenvalue weighted by Crippen LogP contribution is 2.36. The molecule has 1 aromatic carbocycles. The van der Waals surface area contributed by atoms with E-state index in [4.69, 9.17) is 0 Å². The Morgan fingerprint density at radius 1 is 1.26 bits per heavy atom. The van der Waals surface area contributed by atoms with Crippen molar-refractivity contribution in [1.82, 2.24) is 19.7 Å². The van der Waals surface area contributed by atoms with Crippen molar-refractivity contribution >= 4 is 22.4 Å². The molecule has 6 nitrogen and oxygen atoms in total. The van der Waals surface area contributed by atoms with Gasteiger partial charge >= 0.3 is 0 Å². The number of aryl methyl sites for hydroxylation is 1. The van der Waals surface area contributed by atoms with Crippen molar-refractivity contribution in [2.45, 2.75) is 32.5 Å². The topological polar surface area (TPSA) is 60.7 Å². The van der Waals surface area contributed by atoms with Gasteiger partial charge in [-0.05, 0) is 47.0 Å². The van der Waals surface area contributed by atoms with Crippen molar-refractivity contribution in [3.05, 3.63) is 41.7 Å². The van der Waals surface area contributed by atoms with Crippen LogP contribution in [0.4, 0.5) is 0 Å². The summed E-state index contributed by atoms with van der Waals surface area (Å²) >= 11 is 0. The number of benzene rings is 1. The molecule has 0 saturated carbocycles. The number of aliphatic hydroxyl groups is 1. The number of hydrogen-bond acceptors (Lipinski definition) is 4. The van der Waals surface area contributed by atoms with E-state index < -0.39 is 6.23 Å². The van der Waals surface area contributed by atoms with Crippen molar-refractivity contribution in [2.24, 2.45) is 7.05 Å². The lowest BCUT2D eigenvalue weighted by molar-refractivity contribution is -0.132. The lowest BCUT2D eigenvalue weighted by Crippen LogP contribution is -2.42. The number of amides is 1. The number of carbonyl (C=O) groups excluding carboxylic acids is 1. The second-order valence-electron chi connectivity index (χ2n) is 7.72. The van der Waals surface area contributed by atoms with Gasteiger partial charge in [-0.15, -0.1) is 0 Å². The van der Waals surface area contributed by atoms with Gasteiger partial charge in [0.1, 0.15) is 0 Å². The zero-order chi connectivity index (χ0) is 19.7. The fourth-order valence-corrected chi connectivity index (χ4v) is 3.74. The largest absolute Gasteiger partial charge is 0.384 e. The highest BCUT2D eigenvalue weighted by molar-refractivity contribution is 6.25. The molecule has 2 N–H and O–H groups in total. The van der Waals surface area contributed by atoms with E-state index in [1.807, 2.05) is 70.0 Å². The lowest BCUT2D eigenvalue weighted by Gasteiger charge is -2.26. The quantitative estimate of drug-likeness (QED) is 0.732. The number of nitrogens with zero attached hydrogens (tertiary/aromatic N) is 3. The Hall–Kier alpha value is -2.31. The van der Waals surface area contributed by atoms with E-state index in [2.05, 4.69) is 10.2 Å². The molecule has 0 spiro atoms. The van der Waals surface area contributed by atoms with E-state index in [-0.39, 0.29) is 11.9 Å². The van der Waals surface area contributed by atoms with Gasteiger partial charge in [-0.2, -0.15) is 0 Å². The number of rotatable bonds is 7. The summed E-state index contributed by atoms with van der Waals surface area (Å²) in [5.41, 5.74) is 3.13. The Kier molecular flexibility index (Phi) is 5.58. The lowest BCUT2D eigenvalue weighted by atomic mass is 10.0. The highest BCUT2D eigenvalue weighted by Gasteiger charge is 2.41. The molecule has 0 radical (unpaired) electrons. The van der Waals surface area contributed by atoms with Crippen LogP contribution in [-0.4, -0.2) is 64.8 Å². The van der Waals surface area contributed by atoms with Crippen LogP contribution in [0.1, 0.15) is 25.8 Å². The van der Waals surface area contributed by atoms with E-state index >= 15 is 0 Å². The Bertz CT molecular complexity index is 866. The summed E-state index contributed by atoms with van der Waals surface area (Å²) in [6.45, 7) is 5.51. The minimum Gasteiger partial charge on any atom is -0.384 e. The Balaban J connectivity index is 2.03. The summed E-state index contributed by atoms with van der Waals surface area (Å²) in [5.74, 6) is -0.121. The fraction of sp³-hybridized carbons (Fsp3) is 0.476. The van der Waals surface area contributed by atoms with Crippen LogP contribution in [0.5, 0.6) is 0 Å². The molecule has 27 heavy (non-hydrogen) atoms. The summed E-state index contributed by atoms with van der Waals surface area (Å²) in [6, 6.07) is 7.95. The Labute approximate surface area is 161 Å². The Morgan fingerprint density at radius 3 is 2.63 bits per heavy atom. The van der Waals surface area contributed by atoms with Gasteiger partial charge in [0.15, 0.2) is 6.23 Å². The summed E-state index contributed by atoms with van der Waals surface area (Å²) in [7, 11) is 6.05. The molecular formula is C21H30N4O2. The van der Waals surface area contributed by atoms with Crippen LogP contribution in [0, 0.1) is 0 Å². The van der Waals surface area contributed by atoms with Crippen molar-refractivity contribution in [3.63, 3.8) is 0 Å². The third kappa shape index (κ3) is 3.59. The van der Waals surface area contributed by atoms with E-state index in [1.165, 1.54) is 0 Å². The number of fused-ring (bicyclic) bond motifs is 1. The van der Waals surface area contributed by atoms with Crippen LogP contribution in [0.2, 0.25) is 0 Å². The first kappa shape index (κ1) is 19.5. The first-order valence-corrected chi connectivity index (χ1v) is 9.50. The van der Waals surface area contributed by atoms with Crippen molar-refractivity contribution in [2.75, 3.05) is 27.2 Å². The predicted octanol–water partition coefficient (Wildman–Crippen LogP) is 2.00. The molecule has 0 saturated heterocycles. The summed E-state index contributed by atoms with van der Waals surface area (Å²) in [4.78, 5) is 16.9. The second kappa shape index (κ2) is 7.74. The number of carbonyl (C=O) groups is 1. The second-order valence-corrected chi connectivity index (χ2v) is 7.72. The average Bonchev–Trinajstić information content (AvgIpc) is 3.06. The molecular weight excluding hydrogens is 340 g/mol. The molecule has 2 heterocycles. The van der Waals surface area contributed by atoms with E-state index in [9.17, 15) is 9.90 Å². The van der Waals surface area contributed by atoms with Crippen LogP contribution in [0.15, 0.2) is 36.2 Å². The van der Waals surface area contributed by atoms with Crippen LogP contribution in [0.3, 0.4) is 0 Å². The average molecular weight is 370 g/mol. The first-order valence-electron chi connectivity index (χ1n) is 9.50. The maximum absolute atomic E-state index is 13.2. The van der Waals surface area contributed by atoms with Crippen LogP contribution in [0.25, 0.3) is 16.5 Å². The standard InChI is InChI=1S/C21H30N4O2/c1-14(2)25-20(26)18(19(21(25)27)22-11-8-12-23(3)4)16-13-24(5)17-10-7-6-9-15(16)17/h6-7,9-10,13-14,21-22,27H,8,11-12H2,1-5H3. The molecule has 146 valence electrons. The zero-order valence-electron chi connectivity index (χ0n) is 16.9. The molecule has 1 amide bonds. The number of para-hydroxylation sites is 1. The number of nitrogens with one attached hydrogen (secondary N) is 1. The molecule has 1 aliphatic heterocycles. The van der Waals surface area contributed by atoms with Gasteiger partial charge < -0.3 is 24.8 Å². The van der Waals surface area contributed by atoms with E-state index in [0.717, 1.165) is 29.4 Å². The van der Waals surface area contributed by atoms with Gasteiger partial charge in [0, 0.05) is 42.3 Å². The highest BCUT2D eigenvalue weighted by atomic mass is 16.3. The van der Waals surface area contributed by atoms with Gasteiger partial charge in [-0.1, -0.05) is 18.2 Å². The van der Waals surface area contributed by atoms with Crippen LogP contribution >= 0.6 is 0 Å². The molecule has 3 rings (SSSR count). The first-order chi connectivity index (χ1) is 12.8. The van der Waals surface area contributed by atoms with Crippen LogP contribution < -0.4 is 5.32 Å². The van der Waals surface area contributed by atoms with Gasteiger partial charge in [0.2, 0.25) is 0 Å². The van der Waals surface area contributed by atoms with Crippen molar-refractivity contribution in [1.29, 1.82) is 0 Å². The van der Waals surface area contributed by atoms with Crippen molar-refractivity contribution < 1.29 is 9.90 Å². The Morgan fingerprint density at radius 2 is 1.96 bits per heavy atom. The molecule has 1 aliphatic rings. The minimum absolute atomic E-state index is 0.0847. The molecule has 0 bridgehead atoms. The zero-order valence-corrected chi connectivity index (χ0v) is 16.9. The number of hydrogen-bond donors (Lipinski definition) is 2. The molecule has 2 aromatic rings. The number of aromatic nitrogens is 1. The molecule has 1 unspecified atom stereocenters. The molecule has 6 heteroatoms. The summed E-state index contributed by atoms with van der Waals surface area (Å²) in [6.07, 6.45) is 1.98. The maximum Gasteiger partial charge on any atom is 0.259 e. The SMILES string of the molecule is CC(C)N1C(=O)C(c2cn(C)c3ccccc23)=C(NCCCN(C)C)C1O. The van der Waals surface area contributed by atoms with Gasteiger partial charge in [-0.25, -0.2) is 0 Å². The molecule has 1 aromatic heterocycles. The van der Waals surface area contributed by atoms with Gasteiger partial charge in [0.25, 0.3) is 5.91 Å². The molecule has 0 fully saturated rings. The van der Waals surface area contributed by atoms with Gasteiger partial charge in [-0.3, -0.25) is 4.79 Å². The minimum atomic E-state index is -0.939. The summed E-state index contributed by atoms with van der Waals surface area (Å²) < 4.78 is 2.03. The monoisotopic (exact) mass is 370 g/mol. The smallest absolute Gasteiger partial charge is 0.259 e. The van der Waals surface area contributed by atoms with Crippen molar-refractivity contribution in [3.8, 4) is 0 Å². The number of aliphatic hydroxyl groups excluding tert-OH is 1.